The zero-order chi connectivity index (χ0) is 19.5. The molecule has 1 aliphatic heterocycles. The minimum absolute atomic E-state index is 0.00619. The van der Waals surface area contributed by atoms with Gasteiger partial charge in [0.2, 0.25) is 0 Å². The highest BCUT2D eigenvalue weighted by Crippen LogP contribution is 2.28. The number of amides is 1. The van der Waals surface area contributed by atoms with Crippen LogP contribution in [-0.2, 0) is 0 Å². The van der Waals surface area contributed by atoms with E-state index in [0.717, 1.165) is 36.3 Å². The molecule has 2 aromatic carbocycles. The maximum Gasteiger partial charge on any atom is 0.253 e. The highest BCUT2D eigenvalue weighted by molar-refractivity contribution is 5.95. The third-order valence-electron chi connectivity index (χ3n) is 5.17. The minimum atomic E-state index is -0.261. The van der Waals surface area contributed by atoms with E-state index in [1.165, 1.54) is 12.1 Å². The van der Waals surface area contributed by atoms with Crippen molar-refractivity contribution in [3.8, 4) is 11.3 Å². The van der Waals surface area contributed by atoms with Crippen LogP contribution in [0.15, 0.2) is 66.7 Å². The quantitative estimate of drug-likeness (QED) is 0.686. The van der Waals surface area contributed by atoms with Gasteiger partial charge in [-0.1, -0.05) is 12.1 Å². The standard InChI is InChI=1S/C23H22FN3O/c24-19-11-9-16(10-12-19)21-7-2-8-22(26-21)18-5-3-13-27(15-18)23(28)17-4-1-6-20(25)14-17/h1-2,4,6-12,14,18H,3,5,13,15,25H2. The van der Waals surface area contributed by atoms with Crippen LogP contribution in [0.3, 0.4) is 0 Å². The summed E-state index contributed by atoms with van der Waals surface area (Å²) in [5.74, 6) is -0.0752. The predicted octanol–water partition coefficient (Wildman–Crippen LogP) is 4.49. The first-order valence-electron chi connectivity index (χ1n) is 9.48. The Morgan fingerprint density at radius 1 is 1.07 bits per heavy atom. The van der Waals surface area contributed by atoms with E-state index in [1.807, 2.05) is 23.1 Å². The van der Waals surface area contributed by atoms with Crippen molar-refractivity contribution >= 4 is 11.6 Å². The lowest BCUT2D eigenvalue weighted by atomic mass is 9.93. The summed E-state index contributed by atoms with van der Waals surface area (Å²) >= 11 is 0. The zero-order valence-corrected chi connectivity index (χ0v) is 15.5. The number of hydrogen-bond acceptors (Lipinski definition) is 3. The fourth-order valence-electron chi connectivity index (χ4n) is 3.72. The molecule has 3 aromatic rings. The number of carbonyl (C=O) groups is 1. The molecule has 4 nitrogen and oxygen atoms in total. The number of nitrogens with two attached hydrogens (primary N) is 1. The number of pyridine rings is 1. The average molecular weight is 375 g/mol. The second-order valence-electron chi connectivity index (χ2n) is 7.17. The number of anilines is 1. The van der Waals surface area contributed by atoms with Gasteiger partial charge in [0.15, 0.2) is 0 Å². The number of nitrogen functional groups attached to an aromatic ring is 1. The Hall–Kier alpha value is -3.21. The lowest BCUT2D eigenvalue weighted by molar-refractivity contribution is 0.0706. The van der Waals surface area contributed by atoms with E-state index in [2.05, 4.69) is 0 Å². The monoisotopic (exact) mass is 375 g/mol. The van der Waals surface area contributed by atoms with E-state index in [4.69, 9.17) is 10.7 Å². The summed E-state index contributed by atoms with van der Waals surface area (Å²) in [7, 11) is 0. The lowest BCUT2D eigenvalue weighted by Gasteiger charge is -2.32. The number of benzene rings is 2. The van der Waals surface area contributed by atoms with Gasteiger partial charge in [-0.3, -0.25) is 9.78 Å². The molecule has 1 unspecified atom stereocenters. The molecule has 0 radical (unpaired) electrons. The van der Waals surface area contributed by atoms with Crippen LogP contribution in [0.1, 0.15) is 34.8 Å². The highest BCUT2D eigenvalue weighted by Gasteiger charge is 2.26. The van der Waals surface area contributed by atoms with Crippen LogP contribution in [0.2, 0.25) is 0 Å². The van der Waals surface area contributed by atoms with E-state index < -0.39 is 0 Å². The van der Waals surface area contributed by atoms with E-state index in [1.54, 1.807) is 36.4 Å². The van der Waals surface area contributed by atoms with E-state index in [9.17, 15) is 9.18 Å². The Bertz CT molecular complexity index is 987. The van der Waals surface area contributed by atoms with Gasteiger partial charge in [0, 0.05) is 41.5 Å². The van der Waals surface area contributed by atoms with Gasteiger partial charge in [0.05, 0.1) is 5.69 Å². The molecule has 1 atom stereocenters. The topological polar surface area (TPSA) is 59.2 Å². The number of piperidine rings is 1. The maximum absolute atomic E-state index is 13.2. The predicted molar refractivity (Wildman–Crippen MR) is 108 cm³/mol. The number of halogens is 1. The van der Waals surface area contributed by atoms with E-state index in [0.29, 0.717) is 17.8 Å². The first kappa shape index (κ1) is 18.2. The smallest absolute Gasteiger partial charge is 0.253 e. The molecular weight excluding hydrogens is 353 g/mol. The summed E-state index contributed by atoms with van der Waals surface area (Å²) in [4.78, 5) is 19.5. The number of carbonyl (C=O) groups excluding carboxylic acids is 1. The van der Waals surface area contributed by atoms with Gasteiger partial charge < -0.3 is 10.6 Å². The van der Waals surface area contributed by atoms with Crippen molar-refractivity contribution in [2.75, 3.05) is 18.8 Å². The Kier molecular flexibility index (Phi) is 5.06. The average Bonchev–Trinajstić information content (AvgIpc) is 2.74. The van der Waals surface area contributed by atoms with E-state index >= 15 is 0 Å². The molecule has 1 fully saturated rings. The summed E-state index contributed by atoms with van der Waals surface area (Å²) in [6.07, 6.45) is 1.92. The molecule has 0 saturated carbocycles. The Morgan fingerprint density at radius 3 is 2.64 bits per heavy atom. The molecule has 0 spiro atoms. The van der Waals surface area contributed by atoms with E-state index in [-0.39, 0.29) is 17.6 Å². The fourth-order valence-corrected chi connectivity index (χ4v) is 3.72. The first-order valence-corrected chi connectivity index (χ1v) is 9.48. The maximum atomic E-state index is 13.2. The van der Waals surface area contributed by atoms with Crippen LogP contribution >= 0.6 is 0 Å². The largest absolute Gasteiger partial charge is 0.399 e. The Morgan fingerprint density at radius 2 is 1.86 bits per heavy atom. The van der Waals surface area contributed by atoms with Crippen LogP contribution in [-0.4, -0.2) is 28.9 Å². The number of hydrogen-bond donors (Lipinski definition) is 1. The Balaban J connectivity index is 1.54. The van der Waals surface area contributed by atoms with Crippen LogP contribution in [0.4, 0.5) is 10.1 Å². The SMILES string of the molecule is Nc1cccc(C(=O)N2CCCC(c3cccc(-c4ccc(F)cc4)n3)C2)c1. The van der Waals surface area contributed by atoms with Gasteiger partial charge in [-0.05, 0) is 67.4 Å². The molecule has 1 aromatic heterocycles. The molecule has 2 N–H and O–H groups in total. The number of aromatic nitrogens is 1. The van der Waals surface area contributed by atoms with Crippen molar-refractivity contribution in [2.45, 2.75) is 18.8 Å². The van der Waals surface area contributed by atoms with Crippen LogP contribution in [0.25, 0.3) is 11.3 Å². The summed E-state index contributed by atoms with van der Waals surface area (Å²) in [6, 6.07) is 19.4. The van der Waals surface area contributed by atoms with Gasteiger partial charge in [-0.25, -0.2) is 4.39 Å². The molecule has 2 heterocycles. The summed E-state index contributed by atoms with van der Waals surface area (Å²) in [5.41, 5.74) is 9.69. The van der Waals surface area contributed by atoms with Gasteiger partial charge in [0.25, 0.3) is 5.91 Å². The van der Waals surface area contributed by atoms with Crippen LogP contribution in [0.5, 0.6) is 0 Å². The second-order valence-corrected chi connectivity index (χ2v) is 7.17. The van der Waals surface area contributed by atoms with Crippen molar-refractivity contribution in [2.24, 2.45) is 0 Å². The van der Waals surface area contributed by atoms with Crippen LogP contribution < -0.4 is 5.73 Å². The molecule has 4 rings (SSSR count). The van der Waals surface area contributed by atoms with Gasteiger partial charge in [0.1, 0.15) is 5.82 Å². The summed E-state index contributed by atoms with van der Waals surface area (Å²) < 4.78 is 13.2. The van der Waals surface area contributed by atoms with Crippen molar-refractivity contribution in [1.29, 1.82) is 0 Å². The third kappa shape index (κ3) is 3.88. The third-order valence-corrected chi connectivity index (χ3v) is 5.17. The number of nitrogens with zero attached hydrogens (tertiary/aromatic N) is 2. The fraction of sp³-hybridized carbons (Fsp3) is 0.217. The lowest BCUT2D eigenvalue weighted by Crippen LogP contribution is -2.39. The normalized spacial score (nSPS) is 16.8. The van der Waals surface area contributed by atoms with Crippen molar-refractivity contribution in [3.05, 3.63) is 83.8 Å². The molecular formula is C23H22FN3O. The number of likely N-dealkylation sites (tertiary alicyclic amines) is 1. The van der Waals surface area contributed by atoms with Crippen molar-refractivity contribution in [3.63, 3.8) is 0 Å². The zero-order valence-electron chi connectivity index (χ0n) is 15.5. The Labute approximate surface area is 163 Å². The summed E-state index contributed by atoms with van der Waals surface area (Å²) in [6.45, 7) is 1.37. The first-order chi connectivity index (χ1) is 13.6. The summed E-state index contributed by atoms with van der Waals surface area (Å²) in [5, 5.41) is 0. The molecule has 142 valence electrons. The van der Waals surface area contributed by atoms with Crippen molar-refractivity contribution in [1.82, 2.24) is 9.88 Å². The second kappa shape index (κ2) is 7.80. The van der Waals surface area contributed by atoms with Crippen molar-refractivity contribution < 1.29 is 9.18 Å². The molecule has 28 heavy (non-hydrogen) atoms. The number of rotatable bonds is 3. The molecule has 1 saturated heterocycles. The van der Waals surface area contributed by atoms with Gasteiger partial charge in [-0.15, -0.1) is 0 Å². The molecule has 1 amide bonds. The highest BCUT2D eigenvalue weighted by atomic mass is 19.1. The molecule has 5 heteroatoms. The van der Waals surface area contributed by atoms with Crippen LogP contribution in [0, 0.1) is 5.82 Å². The van der Waals surface area contributed by atoms with Gasteiger partial charge in [-0.2, -0.15) is 0 Å². The van der Waals surface area contributed by atoms with Gasteiger partial charge >= 0.3 is 0 Å². The minimum Gasteiger partial charge on any atom is -0.399 e. The molecule has 0 bridgehead atoms. The molecule has 0 aliphatic carbocycles. The molecule has 1 aliphatic rings.